The summed E-state index contributed by atoms with van der Waals surface area (Å²) >= 11 is 0. The topological polar surface area (TPSA) is 70.5 Å². The highest BCUT2D eigenvalue weighted by Gasteiger charge is 2.15. The maximum atomic E-state index is 6.02. The minimum absolute atomic E-state index is 0.313. The Balaban J connectivity index is 1.45. The lowest BCUT2D eigenvalue weighted by Crippen LogP contribution is -2.02. The molecule has 0 radical (unpaired) electrons. The monoisotopic (exact) mass is 508 g/mol. The molecule has 198 valence electrons. The zero-order valence-corrected chi connectivity index (χ0v) is 22.4. The summed E-state index contributed by atoms with van der Waals surface area (Å²) in [5, 5.41) is 0. The molecule has 0 amide bonds. The molecule has 4 N–H and O–H groups in total. The first-order valence-corrected chi connectivity index (χ1v) is 13.9. The molecule has 0 aliphatic rings. The van der Waals surface area contributed by atoms with Crippen LogP contribution in [-0.2, 0) is 0 Å². The second kappa shape index (κ2) is 14.1. The summed E-state index contributed by atoms with van der Waals surface area (Å²) in [5.41, 5.74) is 15.8. The number of nitrogen functional groups attached to an aromatic ring is 2. The summed E-state index contributed by atoms with van der Waals surface area (Å²) < 4.78 is 12.0. The Kier molecular flexibility index (Phi) is 10.1. The Morgan fingerprint density at radius 1 is 0.526 bits per heavy atom. The molecule has 0 heterocycles. The Labute approximate surface area is 227 Å². The zero-order chi connectivity index (χ0) is 26.6. The van der Waals surface area contributed by atoms with Gasteiger partial charge in [0.05, 0.1) is 0 Å². The molecule has 38 heavy (non-hydrogen) atoms. The van der Waals surface area contributed by atoms with Crippen LogP contribution >= 0.6 is 0 Å². The third-order valence-corrected chi connectivity index (χ3v) is 6.85. The van der Waals surface area contributed by atoms with Crippen molar-refractivity contribution >= 4 is 11.4 Å². The van der Waals surface area contributed by atoms with Gasteiger partial charge in [-0.25, -0.2) is 0 Å². The van der Waals surface area contributed by atoms with Crippen LogP contribution < -0.4 is 20.9 Å². The van der Waals surface area contributed by atoms with E-state index in [1.54, 1.807) is 0 Å². The predicted molar refractivity (Wildman–Crippen MR) is 159 cm³/mol. The van der Waals surface area contributed by atoms with E-state index in [-0.39, 0.29) is 0 Å². The number of nitrogens with two attached hydrogens (primary N) is 2. The predicted octanol–water partition coefficient (Wildman–Crippen LogP) is 9.71. The maximum absolute atomic E-state index is 6.02. The van der Waals surface area contributed by atoms with Gasteiger partial charge in [-0.1, -0.05) is 88.3 Å². The maximum Gasteiger partial charge on any atom is 0.129 e. The molecular formula is C34H40N2O2. The van der Waals surface area contributed by atoms with Gasteiger partial charge in [0.25, 0.3) is 0 Å². The molecule has 4 nitrogen and oxygen atoms in total. The Hall–Kier alpha value is -3.92. The molecule has 0 unspecified atom stereocenters. The Bertz CT molecular complexity index is 1160. The van der Waals surface area contributed by atoms with E-state index < -0.39 is 0 Å². The third kappa shape index (κ3) is 8.31. The lowest BCUT2D eigenvalue weighted by molar-refractivity contribution is 0.482. The molecule has 0 aliphatic heterocycles. The average molecular weight is 509 g/mol. The molecule has 0 atom stereocenters. The van der Waals surface area contributed by atoms with Crippen molar-refractivity contribution < 1.29 is 9.47 Å². The van der Waals surface area contributed by atoms with Crippen LogP contribution in [0.25, 0.3) is 0 Å². The van der Waals surface area contributed by atoms with Gasteiger partial charge in [-0.15, -0.1) is 0 Å². The van der Waals surface area contributed by atoms with Crippen LogP contribution in [0.2, 0.25) is 0 Å². The standard InChI is InChI=1S/C34H40N2O2/c1-2-3-4-5-6-7-8-15-34(26-16-20-30(21-17-26)37-32-13-9-11-28(35)24-32)27-18-22-31(23-19-27)38-33-14-10-12-29(36)25-33/h9-14,16-25,34H,2-8,15,35-36H2,1H3. The molecule has 0 saturated carbocycles. The van der Waals surface area contributed by atoms with Gasteiger partial charge in [-0.2, -0.15) is 0 Å². The molecule has 0 bridgehead atoms. The molecule has 0 spiro atoms. The van der Waals surface area contributed by atoms with Crippen molar-refractivity contribution in [3.8, 4) is 23.0 Å². The van der Waals surface area contributed by atoms with Crippen LogP contribution in [0.1, 0.15) is 75.3 Å². The third-order valence-electron chi connectivity index (χ3n) is 6.85. The summed E-state index contributed by atoms with van der Waals surface area (Å²) in [6.45, 7) is 2.27. The van der Waals surface area contributed by atoms with Crippen LogP contribution in [0.15, 0.2) is 97.1 Å². The largest absolute Gasteiger partial charge is 0.457 e. The van der Waals surface area contributed by atoms with Crippen LogP contribution in [0.3, 0.4) is 0 Å². The fraction of sp³-hybridized carbons (Fsp3) is 0.294. The Morgan fingerprint density at radius 2 is 0.974 bits per heavy atom. The summed E-state index contributed by atoms with van der Waals surface area (Å²) in [6.07, 6.45) is 10.2. The minimum atomic E-state index is 0.313. The number of rotatable bonds is 14. The van der Waals surface area contributed by atoms with Gasteiger partial charge in [0.15, 0.2) is 0 Å². The van der Waals surface area contributed by atoms with Crippen LogP contribution in [0, 0.1) is 0 Å². The highest BCUT2D eigenvalue weighted by molar-refractivity contribution is 5.47. The number of hydrogen-bond donors (Lipinski definition) is 2. The number of anilines is 2. The fourth-order valence-electron chi connectivity index (χ4n) is 4.80. The summed E-state index contributed by atoms with van der Waals surface area (Å²) in [6, 6.07) is 32.0. The van der Waals surface area contributed by atoms with Crippen LogP contribution in [0.5, 0.6) is 23.0 Å². The van der Waals surface area contributed by atoms with E-state index in [1.807, 2.05) is 72.8 Å². The van der Waals surface area contributed by atoms with Gasteiger partial charge >= 0.3 is 0 Å². The summed E-state index contributed by atoms with van der Waals surface area (Å²) in [7, 11) is 0. The molecule has 4 heteroatoms. The van der Waals surface area contributed by atoms with Gasteiger partial charge < -0.3 is 20.9 Å². The number of hydrogen-bond acceptors (Lipinski definition) is 4. The van der Waals surface area contributed by atoms with E-state index in [2.05, 4.69) is 31.2 Å². The average Bonchev–Trinajstić information content (AvgIpc) is 2.92. The second-order valence-corrected chi connectivity index (χ2v) is 9.95. The van der Waals surface area contributed by atoms with E-state index in [0.717, 1.165) is 29.4 Å². The number of unbranched alkanes of at least 4 members (excludes halogenated alkanes) is 6. The van der Waals surface area contributed by atoms with Crippen molar-refractivity contribution in [2.45, 2.75) is 64.2 Å². The van der Waals surface area contributed by atoms with Crippen molar-refractivity contribution in [2.24, 2.45) is 0 Å². The first-order chi connectivity index (χ1) is 18.6. The van der Waals surface area contributed by atoms with Gasteiger partial charge in [0.2, 0.25) is 0 Å². The quantitative estimate of drug-likeness (QED) is 0.131. The van der Waals surface area contributed by atoms with Crippen molar-refractivity contribution in [3.63, 3.8) is 0 Å². The summed E-state index contributed by atoms with van der Waals surface area (Å²) in [4.78, 5) is 0. The van der Waals surface area contributed by atoms with E-state index in [4.69, 9.17) is 20.9 Å². The Morgan fingerprint density at radius 3 is 1.42 bits per heavy atom. The van der Waals surface area contributed by atoms with Crippen molar-refractivity contribution in [1.29, 1.82) is 0 Å². The highest BCUT2D eigenvalue weighted by Crippen LogP contribution is 2.34. The van der Waals surface area contributed by atoms with Crippen molar-refractivity contribution in [1.82, 2.24) is 0 Å². The molecule has 0 aromatic heterocycles. The normalized spacial score (nSPS) is 11.0. The smallest absolute Gasteiger partial charge is 0.129 e. The van der Waals surface area contributed by atoms with E-state index >= 15 is 0 Å². The van der Waals surface area contributed by atoms with Crippen molar-refractivity contribution in [3.05, 3.63) is 108 Å². The SMILES string of the molecule is CCCCCCCCCC(c1ccc(Oc2cccc(N)c2)cc1)c1ccc(Oc2cccc(N)c2)cc1. The first-order valence-electron chi connectivity index (χ1n) is 13.9. The van der Waals surface area contributed by atoms with E-state index in [0.29, 0.717) is 17.3 Å². The molecule has 4 rings (SSSR count). The molecular weight excluding hydrogens is 468 g/mol. The van der Waals surface area contributed by atoms with E-state index in [1.165, 1.54) is 56.1 Å². The van der Waals surface area contributed by atoms with E-state index in [9.17, 15) is 0 Å². The second-order valence-electron chi connectivity index (χ2n) is 9.95. The number of ether oxygens (including phenoxy) is 2. The molecule has 0 saturated heterocycles. The van der Waals surface area contributed by atoms with Crippen LogP contribution in [-0.4, -0.2) is 0 Å². The fourth-order valence-corrected chi connectivity index (χ4v) is 4.80. The van der Waals surface area contributed by atoms with Gasteiger partial charge in [-0.05, 0) is 66.1 Å². The lowest BCUT2D eigenvalue weighted by Gasteiger charge is -2.19. The first kappa shape index (κ1) is 27.1. The summed E-state index contributed by atoms with van der Waals surface area (Å²) in [5.74, 6) is 3.41. The van der Waals surface area contributed by atoms with Gasteiger partial charge in [0, 0.05) is 29.4 Å². The lowest BCUT2D eigenvalue weighted by atomic mass is 9.86. The highest BCUT2D eigenvalue weighted by atomic mass is 16.5. The minimum Gasteiger partial charge on any atom is -0.457 e. The molecule has 4 aromatic rings. The number of benzene rings is 4. The van der Waals surface area contributed by atoms with Gasteiger partial charge in [0.1, 0.15) is 23.0 Å². The van der Waals surface area contributed by atoms with Crippen LogP contribution in [0.4, 0.5) is 11.4 Å². The van der Waals surface area contributed by atoms with Crippen molar-refractivity contribution in [2.75, 3.05) is 11.5 Å². The molecule has 4 aromatic carbocycles. The van der Waals surface area contributed by atoms with Gasteiger partial charge in [-0.3, -0.25) is 0 Å². The zero-order valence-electron chi connectivity index (χ0n) is 22.4. The molecule has 0 fully saturated rings. The molecule has 0 aliphatic carbocycles.